The van der Waals surface area contributed by atoms with Crippen molar-refractivity contribution in [1.29, 1.82) is 0 Å². The molecule has 2 aromatic rings. The molecule has 3 heteroatoms. The van der Waals surface area contributed by atoms with E-state index in [0.717, 1.165) is 23.0 Å². The number of H-pyrrole nitrogens is 1. The van der Waals surface area contributed by atoms with E-state index in [1.807, 2.05) is 30.3 Å². The second-order valence-electron chi connectivity index (χ2n) is 3.82. The Morgan fingerprint density at radius 3 is 2.93 bits per heavy atom. The van der Waals surface area contributed by atoms with Crippen molar-refractivity contribution in [3.63, 3.8) is 0 Å². The summed E-state index contributed by atoms with van der Waals surface area (Å²) in [4.78, 5) is 14.7. The zero-order valence-electron chi connectivity index (χ0n) is 8.19. The second-order valence-corrected chi connectivity index (χ2v) is 3.82. The average molecular weight is 201 g/mol. The highest BCUT2D eigenvalue weighted by atomic mass is 16.5. The lowest BCUT2D eigenvalue weighted by atomic mass is 10.0. The van der Waals surface area contributed by atoms with E-state index in [-0.39, 0.29) is 11.9 Å². The molecule has 0 saturated carbocycles. The van der Waals surface area contributed by atoms with E-state index >= 15 is 0 Å². The number of hydrogen-bond acceptors (Lipinski definition) is 2. The number of nitrogens with one attached hydrogen (secondary N) is 1. The third kappa shape index (κ3) is 1.31. The zero-order valence-corrected chi connectivity index (χ0v) is 8.19. The highest BCUT2D eigenvalue weighted by molar-refractivity contribution is 5.85. The molecular formula is C12H11NO2. The van der Waals surface area contributed by atoms with Crippen LogP contribution in [0.25, 0.3) is 10.9 Å². The summed E-state index contributed by atoms with van der Waals surface area (Å²) in [5, 5.41) is 1.15. The number of aromatic nitrogens is 1. The minimum Gasteiger partial charge on any atom is -0.465 e. The number of para-hydroxylation sites is 1. The normalized spacial score (nSPS) is 20.8. The predicted molar refractivity (Wildman–Crippen MR) is 56.6 cm³/mol. The fraction of sp³-hybridized carbons (Fsp3) is 0.250. The third-order valence-electron chi connectivity index (χ3n) is 2.86. The van der Waals surface area contributed by atoms with Crippen molar-refractivity contribution in [3.8, 4) is 0 Å². The number of hydrogen-bond donors (Lipinski definition) is 1. The van der Waals surface area contributed by atoms with Crippen LogP contribution in [0.4, 0.5) is 0 Å². The third-order valence-corrected chi connectivity index (χ3v) is 2.86. The van der Waals surface area contributed by atoms with Crippen LogP contribution >= 0.6 is 0 Å². The summed E-state index contributed by atoms with van der Waals surface area (Å²) in [6, 6.07) is 10.1. The molecule has 1 aliphatic rings. The number of carbonyl (C=O) groups excluding carboxylic acids is 1. The summed E-state index contributed by atoms with van der Waals surface area (Å²) in [6.07, 6.45) is 0.783. The van der Waals surface area contributed by atoms with E-state index in [1.54, 1.807) is 0 Å². The molecule has 1 atom stereocenters. The van der Waals surface area contributed by atoms with Gasteiger partial charge in [0.1, 0.15) is 5.92 Å². The molecule has 2 heterocycles. The fourth-order valence-corrected chi connectivity index (χ4v) is 2.06. The van der Waals surface area contributed by atoms with E-state index in [9.17, 15) is 4.79 Å². The Kier molecular flexibility index (Phi) is 1.78. The quantitative estimate of drug-likeness (QED) is 0.718. The Balaban J connectivity index is 2.08. The van der Waals surface area contributed by atoms with Crippen molar-refractivity contribution in [2.45, 2.75) is 12.3 Å². The topological polar surface area (TPSA) is 42.1 Å². The van der Waals surface area contributed by atoms with E-state index < -0.39 is 0 Å². The minimum absolute atomic E-state index is 0.0996. The van der Waals surface area contributed by atoms with Gasteiger partial charge in [-0.25, -0.2) is 0 Å². The van der Waals surface area contributed by atoms with Gasteiger partial charge in [0, 0.05) is 17.6 Å². The number of carbonyl (C=O) groups is 1. The molecule has 1 fully saturated rings. The lowest BCUT2D eigenvalue weighted by Gasteiger charge is -2.00. The molecule has 0 bridgehead atoms. The minimum atomic E-state index is -0.110. The van der Waals surface area contributed by atoms with Gasteiger partial charge in [0.05, 0.1) is 6.61 Å². The van der Waals surface area contributed by atoms with E-state index in [2.05, 4.69) is 4.98 Å². The predicted octanol–water partition coefficient (Wildman–Crippen LogP) is 2.20. The van der Waals surface area contributed by atoms with Gasteiger partial charge in [0.25, 0.3) is 0 Å². The van der Waals surface area contributed by atoms with Crippen molar-refractivity contribution in [1.82, 2.24) is 4.98 Å². The van der Waals surface area contributed by atoms with Crippen molar-refractivity contribution in [2.75, 3.05) is 6.61 Å². The van der Waals surface area contributed by atoms with E-state index in [4.69, 9.17) is 4.74 Å². The Morgan fingerprint density at radius 1 is 1.33 bits per heavy atom. The maximum atomic E-state index is 11.4. The summed E-state index contributed by atoms with van der Waals surface area (Å²) < 4.78 is 4.96. The first kappa shape index (κ1) is 8.53. The lowest BCUT2D eigenvalue weighted by Crippen LogP contribution is -2.05. The van der Waals surface area contributed by atoms with Gasteiger partial charge < -0.3 is 9.72 Å². The number of benzene rings is 1. The Bertz CT molecular complexity index is 482. The van der Waals surface area contributed by atoms with Gasteiger partial charge in [0.15, 0.2) is 0 Å². The van der Waals surface area contributed by atoms with Crippen molar-refractivity contribution < 1.29 is 9.53 Å². The molecule has 1 saturated heterocycles. The molecule has 15 heavy (non-hydrogen) atoms. The summed E-state index contributed by atoms with van der Waals surface area (Å²) >= 11 is 0. The molecule has 1 aliphatic heterocycles. The number of fused-ring (bicyclic) bond motifs is 1. The first-order valence-electron chi connectivity index (χ1n) is 5.09. The van der Waals surface area contributed by atoms with Crippen LogP contribution in [0.15, 0.2) is 30.3 Å². The van der Waals surface area contributed by atoms with Crippen LogP contribution in [0.1, 0.15) is 18.0 Å². The maximum Gasteiger partial charge on any atom is 0.315 e. The van der Waals surface area contributed by atoms with Crippen molar-refractivity contribution in [2.24, 2.45) is 0 Å². The first-order chi connectivity index (χ1) is 7.34. The van der Waals surface area contributed by atoms with Crippen molar-refractivity contribution in [3.05, 3.63) is 36.0 Å². The Hall–Kier alpha value is -1.77. The van der Waals surface area contributed by atoms with Crippen LogP contribution < -0.4 is 0 Å². The van der Waals surface area contributed by atoms with Crippen LogP contribution in [0.2, 0.25) is 0 Å². The number of cyclic esters (lactones) is 1. The van der Waals surface area contributed by atoms with Crippen LogP contribution in [-0.2, 0) is 9.53 Å². The van der Waals surface area contributed by atoms with Gasteiger partial charge in [-0.2, -0.15) is 0 Å². The van der Waals surface area contributed by atoms with Crippen LogP contribution in [0.5, 0.6) is 0 Å². The summed E-state index contributed by atoms with van der Waals surface area (Å²) in [5.74, 6) is -0.209. The Morgan fingerprint density at radius 2 is 2.20 bits per heavy atom. The molecule has 3 nitrogen and oxygen atoms in total. The highest BCUT2D eigenvalue weighted by Crippen LogP contribution is 2.28. The zero-order chi connectivity index (χ0) is 10.3. The first-order valence-corrected chi connectivity index (χ1v) is 5.09. The van der Waals surface area contributed by atoms with Gasteiger partial charge in [0.2, 0.25) is 0 Å². The number of ether oxygens (including phenoxy) is 1. The summed E-state index contributed by atoms with van der Waals surface area (Å²) in [5.41, 5.74) is 2.05. The molecule has 76 valence electrons. The fourth-order valence-electron chi connectivity index (χ4n) is 2.06. The SMILES string of the molecule is O=C1OCCC1c1cc2ccccc2[nH]1. The van der Waals surface area contributed by atoms with Crippen LogP contribution in [0, 0.1) is 0 Å². The highest BCUT2D eigenvalue weighted by Gasteiger charge is 2.29. The van der Waals surface area contributed by atoms with E-state index in [0.29, 0.717) is 6.61 Å². The lowest BCUT2D eigenvalue weighted by molar-refractivity contribution is -0.139. The number of esters is 1. The molecule has 0 aliphatic carbocycles. The summed E-state index contributed by atoms with van der Waals surface area (Å²) in [7, 11) is 0. The van der Waals surface area contributed by atoms with Gasteiger partial charge in [-0.1, -0.05) is 18.2 Å². The van der Waals surface area contributed by atoms with Gasteiger partial charge in [-0.05, 0) is 17.5 Å². The van der Waals surface area contributed by atoms with Crippen LogP contribution in [0.3, 0.4) is 0 Å². The van der Waals surface area contributed by atoms with Gasteiger partial charge in [-0.15, -0.1) is 0 Å². The molecule has 1 unspecified atom stereocenters. The smallest absolute Gasteiger partial charge is 0.315 e. The Labute approximate surface area is 87.1 Å². The number of rotatable bonds is 1. The second kappa shape index (κ2) is 3.12. The standard InChI is InChI=1S/C12H11NO2/c14-12-9(5-6-15-12)11-7-8-3-1-2-4-10(8)13-11/h1-4,7,9,13H,5-6H2. The average Bonchev–Trinajstić information content (AvgIpc) is 2.82. The molecule has 1 N–H and O–H groups in total. The molecule has 1 aromatic carbocycles. The van der Waals surface area contributed by atoms with Crippen LogP contribution in [-0.4, -0.2) is 17.6 Å². The molecule has 3 rings (SSSR count). The van der Waals surface area contributed by atoms with E-state index in [1.165, 1.54) is 0 Å². The molecule has 0 radical (unpaired) electrons. The number of aromatic amines is 1. The largest absolute Gasteiger partial charge is 0.465 e. The molecule has 0 amide bonds. The van der Waals surface area contributed by atoms with Crippen molar-refractivity contribution >= 4 is 16.9 Å². The monoisotopic (exact) mass is 201 g/mol. The molecular weight excluding hydrogens is 190 g/mol. The molecule has 0 spiro atoms. The van der Waals surface area contributed by atoms with Gasteiger partial charge in [-0.3, -0.25) is 4.79 Å². The maximum absolute atomic E-state index is 11.4. The molecule has 1 aromatic heterocycles. The summed E-state index contributed by atoms with van der Waals surface area (Å²) in [6.45, 7) is 0.541. The van der Waals surface area contributed by atoms with Gasteiger partial charge >= 0.3 is 5.97 Å².